The van der Waals surface area contributed by atoms with E-state index in [9.17, 15) is 0 Å². The Labute approximate surface area is 100 Å². The highest BCUT2D eigenvalue weighted by Gasteiger charge is 1.70. The molecule has 0 spiro atoms. The molecule has 3 heteroatoms. The second kappa shape index (κ2) is 23.2. The Hall–Kier alpha value is -0.830. The summed E-state index contributed by atoms with van der Waals surface area (Å²) < 4.78 is 0. The molecule has 0 fully saturated rings. The highest BCUT2D eigenvalue weighted by atomic mass is 35.5. The van der Waals surface area contributed by atoms with Gasteiger partial charge in [-0.3, -0.25) is 0 Å². The SMILES string of the molecule is C=CCNCC=C.C=CCNCC=C.Cl. The van der Waals surface area contributed by atoms with E-state index >= 15 is 0 Å². The van der Waals surface area contributed by atoms with E-state index in [0.29, 0.717) is 0 Å². The second-order valence-electron chi connectivity index (χ2n) is 2.47. The predicted octanol–water partition coefficient (Wildman–Crippen LogP) is 2.32. The standard InChI is InChI=1S/2C6H11N.ClH/c2*1-3-5-7-6-4-2;/h2*3-4,7H,1-2,5-6H2;1H. The van der Waals surface area contributed by atoms with Gasteiger partial charge in [0.15, 0.2) is 0 Å². The predicted molar refractivity (Wildman–Crippen MR) is 73.8 cm³/mol. The van der Waals surface area contributed by atoms with Crippen LogP contribution in [0.3, 0.4) is 0 Å². The van der Waals surface area contributed by atoms with Crippen molar-refractivity contribution in [2.45, 2.75) is 0 Å². The van der Waals surface area contributed by atoms with Gasteiger partial charge in [-0.1, -0.05) is 24.3 Å². The molecule has 2 nitrogen and oxygen atoms in total. The van der Waals surface area contributed by atoms with Crippen molar-refractivity contribution in [1.29, 1.82) is 0 Å². The highest BCUT2D eigenvalue weighted by molar-refractivity contribution is 5.85. The Balaban J connectivity index is -0.000000180. The summed E-state index contributed by atoms with van der Waals surface area (Å²) in [5.41, 5.74) is 0. The van der Waals surface area contributed by atoms with Crippen LogP contribution in [0.5, 0.6) is 0 Å². The molecule has 0 aliphatic heterocycles. The van der Waals surface area contributed by atoms with Crippen LogP contribution in [0.15, 0.2) is 50.6 Å². The molecule has 0 radical (unpaired) electrons. The molecule has 2 N–H and O–H groups in total. The Bertz CT molecular complexity index is 122. The first-order valence-corrected chi connectivity index (χ1v) is 4.68. The van der Waals surface area contributed by atoms with Gasteiger partial charge in [0.1, 0.15) is 0 Å². The zero-order valence-corrected chi connectivity index (χ0v) is 10.2. The third-order valence-electron chi connectivity index (χ3n) is 1.15. The minimum absolute atomic E-state index is 0. The number of nitrogens with one attached hydrogen (secondary N) is 2. The summed E-state index contributed by atoms with van der Waals surface area (Å²) in [5.74, 6) is 0. The normalized spacial score (nSPS) is 7.47. The van der Waals surface area contributed by atoms with Crippen molar-refractivity contribution in [2.75, 3.05) is 26.2 Å². The summed E-state index contributed by atoms with van der Waals surface area (Å²) in [5, 5.41) is 6.10. The van der Waals surface area contributed by atoms with Crippen molar-refractivity contribution < 1.29 is 0 Å². The maximum atomic E-state index is 3.54. The van der Waals surface area contributed by atoms with Crippen molar-refractivity contribution in [3.8, 4) is 0 Å². The minimum atomic E-state index is 0. The van der Waals surface area contributed by atoms with Crippen LogP contribution in [0.25, 0.3) is 0 Å². The molecular formula is C12H23ClN2. The summed E-state index contributed by atoms with van der Waals surface area (Å²) in [4.78, 5) is 0. The molecule has 15 heavy (non-hydrogen) atoms. The van der Waals surface area contributed by atoms with E-state index in [4.69, 9.17) is 0 Å². The van der Waals surface area contributed by atoms with Crippen molar-refractivity contribution >= 4 is 12.4 Å². The quantitative estimate of drug-likeness (QED) is 0.494. The van der Waals surface area contributed by atoms with Crippen LogP contribution in [0, 0.1) is 0 Å². The maximum absolute atomic E-state index is 3.54. The van der Waals surface area contributed by atoms with Gasteiger partial charge in [-0.05, 0) is 0 Å². The van der Waals surface area contributed by atoms with E-state index in [2.05, 4.69) is 36.9 Å². The molecule has 0 heterocycles. The van der Waals surface area contributed by atoms with Crippen molar-refractivity contribution in [3.63, 3.8) is 0 Å². The van der Waals surface area contributed by atoms with E-state index in [1.165, 1.54) is 0 Å². The van der Waals surface area contributed by atoms with Gasteiger partial charge in [-0.2, -0.15) is 0 Å². The lowest BCUT2D eigenvalue weighted by molar-refractivity contribution is 0.845. The fourth-order valence-corrected chi connectivity index (χ4v) is 0.575. The number of hydrogen-bond donors (Lipinski definition) is 2. The number of hydrogen-bond acceptors (Lipinski definition) is 2. The number of halogens is 1. The average molecular weight is 231 g/mol. The van der Waals surface area contributed by atoms with Crippen molar-refractivity contribution in [2.24, 2.45) is 0 Å². The van der Waals surface area contributed by atoms with Gasteiger partial charge in [0.05, 0.1) is 0 Å². The molecule has 0 atom stereocenters. The van der Waals surface area contributed by atoms with Gasteiger partial charge in [0, 0.05) is 26.2 Å². The summed E-state index contributed by atoms with van der Waals surface area (Å²) in [6.45, 7) is 17.6. The van der Waals surface area contributed by atoms with Crippen LogP contribution < -0.4 is 10.6 Å². The Morgan fingerprint density at radius 3 is 0.933 bits per heavy atom. The lowest BCUT2D eigenvalue weighted by atomic mass is 10.5. The molecule has 0 saturated heterocycles. The summed E-state index contributed by atoms with van der Waals surface area (Å²) in [6.07, 6.45) is 7.29. The van der Waals surface area contributed by atoms with Crippen molar-refractivity contribution in [1.82, 2.24) is 10.6 Å². The lowest BCUT2D eigenvalue weighted by Gasteiger charge is -1.90. The van der Waals surface area contributed by atoms with Gasteiger partial charge in [0.2, 0.25) is 0 Å². The monoisotopic (exact) mass is 230 g/mol. The summed E-state index contributed by atoms with van der Waals surface area (Å²) >= 11 is 0. The molecule has 0 aromatic rings. The Morgan fingerprint density at radius 2 is 0.800 bits per heavy atom. The van der Waals surface area contributed by atoms with Crippen LogP contribution in [-0.4, -0.2) is 26.2 Å². The molecule has 0 rings (SSSR count). The average Bonchev–Trinajstić information content (AvgIpc) is 2.21. The molecule has 0 aliphatic carbocycles. The molecule has 0 bridgehead atoms. The molecule has 88 valence electrons. The van der Waals surface area contributed by atoms with Gasteiger partial charge < -0.3 is 10.6 Å². The van der Waals surface area contributed by atoms with E-state index in [0.717, 1.165) is 26.2 Å². The molecule has 0 saturated carbocycles. The number of rotatable bonds is 8. The first-order chi connectivity index (χ1) is 6.83. The minimum Gasteiger partial charge on any atom is -0.310 e. The van der Waals surface area contributed by atoms with E-state index < -0.39 is 0 Å². The highest BCUT2D eigenvalue weighted by Crippen LogP contribution is 1.60. The van der Waals surface area contributed by atoms with E-state index in [-0.39, 0.29) is 12.4 Å². The smallest absolute Gasteiger partial charge is 0.0135 e. The maximum Gasteiger partial charge on any atom is 0.0135 e. The van der Waals surface area contributed by atoms with Crippen LogP contribution >= 0.6 is 12.4 Å². The topological polar surface area (TPSA) is 24.1 Å². The molecule has 0 amide bonds. The first kappa shape index (κ1) is 19.7. The summed E-state index contributed by atoms with van der Waals surface area (Å²) in [6, 6.07) is 0. The van der Waals surface area contributed by atoms with Crippen LogP contribution in [0.1, 0.15) is 0 Å². The third kappa shape index (κ3) is 32.0. The Kier molecular flexibility index (Phi) is 30.5. The third-order valence-corrected chi connectivity index (χ3v) is 1.15. The van der Waals surface area contributed by atoms with E-state index in [1.807, 2.05) is 24.3 Å². The second-order valence-corrected chi connectivity index (χ2v) is 2.47. The molecule has 0 aliphatic rings. The van der Waals surface area contributed by atoms with Gasteiger partial charge in [-0.15, -0.1) is 38.7 Å². The van der Waals surface area contributed by atoms with Crippen LogP contribution in [0.4, 0.5) is 0 Å². The largest absolute Gasteiger partial charge is 0.310 e. The van der Waals surface area contributed by atoms with Gasteiger partial charge in [-0.25, -0.2) is 0 Å². The molecule has 0 aromatic heterocycles. The molecule has 0 aromatic carbocycles. The van der Waals surface area contributed by atoms with Crippen LogP contribution in [0.2, 0.25) is 0 Å². The van der Waals surface area contributed by atoms with Crippen molar-refractivity contribution in [3.05, 3.63) is 50.6 Å². The molecular weight excluding hydrogens is 208 g/mol. The fourth-order valence-electron chi connectivity index (χ4n) is 0.575. The van der Waals surface area contributed by atoms with E-state index in [1.54, 1.807) is 0 Å². The molecule has 0 unspecified atom stereocenters. The summed E-state index contributed by atoms with van der Waals surface area (Å²) in [7, 11) is 0. The Morgan fingerprint density at radius 1 is 0.600 bits per heavy atom. The zero-order chi connectivity index (χ0) is 11.1. The van der Waals surface area contributed by atoms with Gasteiger partial charge >= 0.3 is 0 Å². The van der Waals surface area contributed by atoms with Gasteiger partial charge in [0.25, 0.3) is 0 Å². The zero-order valence-electron chi connectivity index (χ0n) is 9.37. The first-order valence-electron chi connectivity index (χ1n) is 4.68. The van der Waals surface area contributed by atoms with Crippen LogP contribution in [-0.2, 0) is 0 Å². The fraction of sp³-hybridized carbons (Fsp3) is 0.333. The lowest BCUT2D eigenvalue weighted by Crippen LogP contribution is -2.11.